The van der Waals surface area contributed by atoms with Gasteiger partial charge in [0.1, 0.15) is 0 Å². The molecule has 100 valence electrons. The van der Waals surface area contributed by atoms with Crippen molar-refractivity contribution in [3.05, 3.63) is 29.3 Å². The van der Waals surface area contributed by atoms with Gasteiger partial charge in [0.25, 0.3) is 0 Å². The van der Waals surface area contributed by atoms with E-state index < -0.39 is 10.0 Å². The highest BCUT2D eigenvalue weighted by Crippen LogP contribution is 2.30. The zero-order valence-electron chi connectivity index (χ0n) is 10.7. The molecule has 0 aromatic heterocycles. The molecule has 0 spiro atoms. The number of hydrogen-bond donors (Lipinski definition) is 2. The van der Waals surface area contributed by atoms with Gasteiger partial charge < -0.3 is 5.11 Å². The summed E-state index contributed by atoms with van der Waals surface area (Å²) in [4.78, 5) is 0.239. The number of hydrogen-bond acceptors (Lipinski definition) is 3. The summed E-state index contributed by atoms with van der Waals surface area (Å²) in [6.07, 6.45) is 1.68. The van der Waals surface area contributed by atoms with E-state index in [0.29, 0.717) is 11.5 Å². The third kappa shape index (κ3) is 2.74. The fourth-order valence-electron chi connectivity index (χ4n) is 2.02. The van der Waals surface area contributed by atoms with Gasteiger partial charge in [0, 0.05) is 6.04 Å². The third-order valence-electron chi connectivity index (χ3n) is 3.46. The molecule has 0 bridgehead atoms. The quantitative estimate of drug-likeness (QED) is 0.849. The Balaban J connectivity index is 2.27. The van der Waals surface area contributed by atoms with Crippen molar-refractivity contribution in [1.82, 2.24) is 4.72 Å². The van der Waals surface area contributed by atoms with Crippen LogP contribution in [0.25, 0.3) is 0 Å². The Morgan fingerprint density at radius 3 is 2.56 bits per heavy atom. The molecule has 0 radical (unpaired) electrons. The molecule has 4 nitrogen and oxygen atoms in total. The van der Waals surface area contributed by atoms with Crippen LogP contribution in [0.5, 0.6) is 0 Å². The van der Waals surface area contributed by atoms with Crippen molar-refractivity contribution in [2.45, 2.75) is 44.2 Å². The molecule has 0 amide bonds. The lowest BCUT2D eigenvalue weighted by atomic mass is 10.1. The molecule has 5 heteroatoms. The standard InChI is InChI=1S/C13H19NO3S/c1-3-10-4-5-12(7-11(10)8-15)18(16,17)14-13-6-9(13)2/h4-5,7,9,13-15H,3,6,8H2,1-2H3. The van der Waals surface area contributed by atoms with Gasteiger partial charge in [-0.2, -0.15) is 0 Å². The third-order valence-corrected chi connectivity index (χ3v) is 4.94. The van der Waals surface area contributed by atoms with Crippen molar-refractivity contribution in [3.63, 3.8) is 0 Å². The summed E-state index contributed by atoms with van der Waals surface area (Å²) in [5.74, 6) is 0.423. The first-order chi connectivity index (χ1) is 8.47. The Labute approximate surface area is 108 Å². The molecular weight excluding hydrogens is 250 g/mol. The highest BCUT2D eigenvalue weighted by molar-refractivity contribution is 7.89. The Morgan fingerprint density at radius 2 is 2.06 bits per heavy atom. The molecule has 0 aliphatic heterocycles. The van der Waals surface area contributed by atoms with Gasteiger partial charge in [0.2, 0.25) is 10.0 Å². The fraction of sp³-hybridized carbons (Fsp3) is 0.538. The molecule has 1 aliphatic rings. The zero-order chi connectivity index (χ0) is 13.3. The van der Waals surface area contributed by atoms with Crippen LogP contribution >= 0.6 is 0 Å². The second-order valence-electron chi connectivity index (χ2n) is 4.88. The van der Waals surface area contributed by atoms with E-state index in [9.17, 15) is 13.5 Å². The van der Waals surface area contributed by atoms with E-state index >= 15 is 0 Å². The van der Waals surface area contributed by atoms with E-state index in [4.69, 9.17) is 0 Å². The number of nitrogens with one attached hydrogen (secondary N) is 1. The van der Waals surface area contributed by atoms with Crippen molar-refractivity contribution in [2.75, 3.05) is 0 Å². The van der Waals surface area contributed by atoms with E-state index in [-0.39, 0.29) is 17.5 Å². The van der Waals surface area contributed by atoms with Crippen LogP contribution in [0, 0.1) is 5.92 Å². The van der Waals surface area contributed by atoms with Crippen LogP contribution < -0.4 is 4.72 Å². The summed E-state index contributed by atoms with van der Waals surface area (Å²) in [6.45, 7) is 3.87. The van der Waals surface area contributed by atoms with Crippen molar-refractivity contribution >= 4 is 10.0 Å². The highest BCUT2D eigenvalue weighted by Gasteiger charge is 2.36. The van der Waals surface area contributed by atoms with Gasteiger partial charge in [-0.15, -0.1) is 0 Å². The molecular formula is C13H19NO3S. The molecule has 1 aromatic rings. The first-order valence-corrected chi connectivity index (χ1v) is 7.71. The van der Waals surface area contributed by atoms with E-state index in [1.165, 1.54) is 0 Å². The van der Waals surface area contributed by atoms with Gasteiger partial charge in [-0.1, -0.05) is 19.9 Å². The summed E-state index contributed by atoms with van der Waals surface area (Å²) in [5.41, 5.74) is 1.67. The van der Waals surface area contributed by atoms with Gasteiger partial charge in [-0.25, -0.2) is 13.1 Å². The summed E-state index contributed by atoms with van der Waals surface area (Å²) in [5, 5.41) is 9.26. The van der Waals surface area contributed by atoms with Crippen molar-refractivity contribution in [2.24, 2.45) is 5.92 Å². The van der Waals surface area contributed by atoms with E-state index in [1.54, 1.807) is 18.2 Å². The minimum absolute atomic E-state index is 0.0680. The lowest BCUT2D eigenvalue weighted by Gasteiger charge is -2.10. The Hall–Kier alpha value is -0.910. The van der Waals surface area contributed by atoms with Crippen LogP contribution in [0.3, 0.4) is 0 Å². The second kappa shape index (κ2) is 4.99. The molecule has 18 heavy (non-hydrogen) atoms. The lowest BCUT2D eigenvalue weighted by Crippen LogP contribution is -2.27. The minimum atomic E-state index is -3.45. The Morgan fingerprint density at radius 1 is 1.39 bits per heavy atom. The van der Waals surface area contributed by atoms with Gasteiger partial charge >= 0.3 is 0 Å². The first kappa shape index (κ1) is 13.5. The summed E-state index contributed by atoms with van der Waals surface area (Å²) in [7, 11) is -3.45. The molecule has 1 aromatic carbocycles. The number of sulfonamides is 1. The summed E-state index contributed by atoms with van der Waals surface area (Å²) < 4.78 is 26.9. The topological polar surface area (TPSA) is 66.4 Å². The number of aliphatic hydroxyl groups excluding tert-OH is 1. The first-order valence-electron chi connectivity index (χ1n) is 6.23. The predicted molar refractivity (Wildman–Crippen MR) is 69.6 cm³/mol. The molecule has 1 aliphatic carbocycles. The smallest absolute Gasteiger partial charge is 0.240 e. The summed E-state index contributed by atoms with van der Waals surface area (Å²) >= 11 is 0. The van der Waals surface area contributed by atoms with E-state index in [2.05, 4.69) is 4.72 Å². The zero-order valence-corrected chi connectivity index (χ0v) is 11.5. The molecule has 1 saturated carbocycles. The fourth-order valence-corrected chi connectivity index (χ4v) is 3.42. The number of benzene rings is 1. The lowest BCUT2D eigenvalue weighted by molar-refractivity contribution is 0.280. The predicted octanol–water partition coefficient (Wildman–Crippen LogP) is 1.43. The van der Waals surface area contributed by atoms with Crippen molar-refractivity contribution < 1.29 is 13.5 Å². The van der Waals surface area contributed by atoms with Crippen LogP contribution in [-0.4, -0.2) is 19.6 Å². The van der Waals surface area contributed by atoms with Crippen molar-refractivity contribution in [3.8, 4) is 0 Å². The molecule has 1 fully saturated rings. The second-order valence-corrected chi connectivity index (χ2v) is 6.60. The van der Waals surface area contributed by atoms with E-state index in [1.807, 2.05) is 13.8 Å². The highest BCUT2D eigenvalue weighted by atomic mass is 32.2. The largest absolute Gasteiger partial charge is 0.392 e. The van der Waals surface area contributed by atoms with Crippen LogP contribution in [-0.2, 0) is 23.1 Å². The molecule has 2 N–H and O–H groups in total. The Kier molecular flexibility index (Phi) is 3.75. The molecule has 2 atom stereocenters. The molecule has 0 saturated heterocycles. The maximum absolute atomic E-state index is 12.1. The average Bonchev–Trinajstić information content (AvgIpc) is 3.02. The SMILES string of the molecule is CCc1ccc(S(=O)(=O)NC2CC2C)cc1CO. The van der Waals surface area contributed by atoms with Gasteiger partial charge in [0.15, 0.2) is 0 Å². The van der Waals surface area contributed by atoms with Gasteiger partial charge in [0.05, 0.1) is 11.5 Å². The molecule has 2 unspecified atom stereocenters. The van der Waals surface area contributed by atoms with E-state index in [0.717, 1.165) is 18.4 Å². The maximum atomic E-state index is 12.1. The van der Waals surface area contributed by atoms with Crippen LogP contribution in [0.15, 0.2) is 23.1 Å². The number of aliphatic hydroxyl groups is 1. The average molecular weight is 269 g/mol. The maximum Gasteiger partial charge on any atom is 0.240 e. The number of rotatable bonds is 5. The number of aryl methyl sites for hydroxylation is 1. The molecule has 2 rings (SSSR count). The van der Waals surface area contributed by atoms with Crippen LogP contribution in [0.1, 0.15) is 31.4 Å². The summed E-state index contributed by atoms with van der Waals surface area (Å²) in [6, 6.07) is 5.01. The minimum Gasteiger partial charge on any atom is -0.392 e. The monoisotopic (exact) mass is 269 g/mol. The Bertz CT molecular complexity index is 539. The normalized spacial score (nSPS) is 23.1. The molecule has 0 heterocycles. The van der Waals surface area contributed by atoms with Gasteiger partial charge in [-0.3, -0.25) is 0 Å². The van der Waals surface area contributed by atoms with Crippen LogP contribution in [0.2, 0.25) is 0 Å². The van der Waals surface area contributed by atoms with Gasteiger partial charge in [-0.05, 0) is 42.0 Å². The van der Waals surface area contributed by atoms with Crippen LogP contribution in [0.4, 0.5) is 0 Å². The van der Waals surface area contributed by atoms with Crippen molar-refractivity contribution in [1.29, 1.82) is 0 Å².